The summed E-state index contributed by atoms with van der Waals surface area (Å²) in [5, 5.41) is 3.10. The number of rotatable bonds is 5. The van der Waals surface area contributed by atoms with Crippen LogP contribution in [0.4, 0.5) is 0 Å². The van der Waals surface area contributed by atoms with Gasteiger partial charge in [-0.1, -0.05) is 30.3 Å². The van der Waals surface area contributed by atoms with E-state index in [1.54, 1.807) is 26.2 Å². The fourth-order valence-electron chi connectivity index (χ4n) is 3.18. The van der Waals surface area contributed by atoms with E-state index in [4.69, 9.17) is 14.2 Å². The second kappa shape index (κ2) is 7.28. The van der Waals surface area contributed by atoms with Crippen molar-refractivity contribution in [2.75, 3.05) is 7.11 Å². The molecule has 1 heterocycles. The van der Waals surface area contributed by atoms with Gasteiger partial charge in [0.2, 0.25) is 0 Å². The van der Waals surface area contributed by atoms with Crippen LogP contribution in [0.15, 0.2) is 48.5 Å². The number of ether oxygens (including phenoxy) is 3. The number of fused-ring (bicyclic) bond motifs is 1. The molecule has 0 unspecified atom stereocenters. The van der Waals surface area contributed by atoms with Crippen molar-refractivity contribution in [2.45, 2.75) is 44.9 Å². The molecular weight excluding hydrogens is 330 g/mol. The lowest BCUT2D eigenvalue weighted by Gasteiger charge is -2.38. The van der Waals surface area contributed by atoms with E-state index in [2.05, 4.69) is 5.32 Å². The third kappa shape index (κ3) is 3.93. The summed E-state index contributed by atoms with van der Waals surface area (Å²) in [6, 6.07) is 15.0. The molecule has 2 aromatic carbocycles. The van der Waals surface area contributed by atoms with Crippen molar-refractivity contribution < 1.29 is 19.0 Å². The molecule has 1 N–H and O–H groups in total. The number of amides is 1. The number of carbonyl (C=O) groups is 1. The Hall–Kier alpha value is -2.69. The minimum Gasteiger partial charge on any atom is -0.493 e. The van der Waals surface area contributed by atoms with Crippen molar-refractivity contribution in [3.63, 3.8) is 0 Å². The summed E-state index contributed by atoms with van der Waals surface area (Å²) in [6.07, 6.45) is 0.0429. The van der Waals surface area contributed by atoms with E-state index in [0.717, 1.165) is 11.3 Å². The van der Waals surface area contributed by atoms with Crippen molar-refractivity contribution in [1.29, 1.82) is 0 Å². The summed E-state index contributed by atoms with van der Waals surface area (Å²) in [5.41, 5.74) is 0.642. The second-order valence-corrected chi connectivity index (χ2v) is 7.08. The molecule has 0 spiro atoms. The first-order chi connectivity index (χ1) is 12.4. The number of para-hydroxylation sites is 3. The van der Waals surface area contributed by atoms with Gasteiger partial charge in [0.25, 0.3) is 5.91 Å². The molecule has 0 fully saturated rings. The molecule has 26 heavy (non-hydrogen) atoms. The molecule has 0 aliphatic carbocycles. The number of hydrogen-bond acceptors (Lipinski definition) is 4. The predicted octanol–water partition coefficient (Wildman–Crippen LogP) is 3.88. The van der Waals surface area contributed by atoms with E-state index in [0.29, 0.717) is 17.9 Å². The van der Waals surface area contributed by atoms with Gasteiger partial charge in [0.15, 0.2) is 17.6 Å². The molecule has 0 saturated heterocycles. The molecule has 0 bridgehead atoms. The van der Waals surface area contributed by atoms with Crippen LogP contribution in [-0.4, -0.2) is 24.7 Å². The molecule has 1 amide bonds. The molecule has 1 aliphatic heterocycles. The van der Waals surface area contributed by atoms with Crippen molar-refractivity contribution in [3.8, 4) is 17.2 Å². The lowest BCUT2D eigenvalue weighted by Crippen LogP contribution is -2.44. The maximum Gasteiger partial charge on any atom is 0.261 e. The number of hydrogen-bond donors (Lipinski definition) is 1. The number of methoxy groups -OCH3 is 1. The van der Waals surface area contributed by atoms with Crippen LogP contribution in [0.3, 0.4) is 0 Å². The molecule has 0 aromatic heterocycles. The van der Waals surface area contributed by atoms with Crippen molar-refractivity contribution in [3.05, 3.63) is 54.1 Å². The SMILES string of the molecule is COc1ccccc1O[C@@H](C)C(=O)N[C@@H]1CC(C)(C)Oc2ccccc21. The van der Waals surface area contributed by atoms with Crippen molar-refractivity contribution in [1.82, 2.24) is 5.32 Å². The van der Waals surface area contributed by atoms with Crippen LogP contribution in [0, 0.1) is 0 Å². The zero-order chi connectivity index (χ0) is 18.7. The van der Waals surface area contributed by atoms with Gasteiger partial charge >= 0.3 is 0 Å². The molecule has 0 saturated carbocycles. The third-order valence-electron chi connectivity index (χ3n) is 4.43. The molecule has 5 heteroatoms. The minimum atomic E-state index is -0.649. The van der Waals surface area contributed by atoms with Crippen LogP contribution < -0.4 is 19.5 Å². The van der Waals surface area contributed by atoms with Gasteiger partial charge in [-0.15, -0.1) is 0 Å². The van der Waals surface area contributed by atoms with E-state index >= 15 is 0 Å². The van der Waals surface area contributed by atoms with E-state index in [-0.39, 0.29) is 17.6 Å². The van der Waals surface area contributed by atoms with E-state index in [1.165, 1.54) is 0 Å². The monoisotopic (exact) mass is 355 g/mol. The van der Waals surface area contributed by atoms with Crippen LogP contribution in [0.1, 0.15) is 38.8 Å². The van der Waals surface area contributed by atoms with Gasteiger partial charge in [-0.25, -0.2) is 0 Å². The Kier molecular flexibility index (Phi) is 5.07. The Morgan fingerprint density at radius 1 is 1.15 bits per heavy atom. The van der Waals surface area contributed by atoms with E-state index < -0.39 is 6.10 Å². The number of benzene rings is 2. The van der Waals surface area contributed by atoms with Gasteiger partial charge < -0.3 is 19.5 Å². The largest absolute Gasteiger partial charge is 0.493 e. The van der Waals surface area contributed by atoms with E-state index in [1.807, 2.05) is 50.2 Å². The number of nitrogens with one attached hydrogen (secondary N) is 1. The molecular formula is C21H25NO4. The summed E-state index contributed by atoms with van der Waals surface area (Å²) in [5.74, 6) is 1.79. The molecule has 138 valence electrons. The highest BCUT2D eigenvalue weighted by molar-refractivity contribution is 5.81. The van der Waals surface area contributed by atoms with Crippen LogP contribution in [0.25, 0.3) is 0 Å². The summed E-state index contributed by atoms with van der Waals surface area (Å²) in [7, 11) is 1.58. The summed E-state index contributed by atoms with van der Waals surface area (Å²) >= 11 is 0. The number of carbonyl (C=O) groups excluding carboxylic acids is 1. The lowest BCUT2D eigenvalue weighted by atomic mass is 9.89. The van der Waals surface area contributed by atoms with Gasteiger partial charge in [0.05, 0.1) is 13.2 Å². The van der Waals surface area contributed by atoms with E-state index in [9.17, 15) is 4.79 Å². The molecule has 2 atom stereocenters. The molecule has 0 radical (unpaired) electrons. The first kappa shape index (κ1) is 18.1. The first-order valence-electron chi connectivity index (χ1n) is 8.77. The smallest absolute Gasteiger partial charge is 0.261 e. The topological polar surface area (TPSA) is 56.8 Å². The Labute approximate surface area is 154 Å². The Morgan fingerprint density at radius 3 is 2.54 bits per heavy atom. The minimum absolute atomic E-state index is 0.119. The van der Waals surface area contributed by atoms with Crippen molar-refractivity contribution >= 4 is 5.91 Å². The Morgan fingerprint density at radius 2 is 1.81 bits per heavy atom. The Balaban J connectivity index is 1.73. The quantitative estimate of drug-likeness (QED) is 0.884. The highest BCUT2D eigenvalue weighted by Crippen LogP contribution is 2.39. The fraction of sp³-hybridized carbons (Fsp3) is 0.381. The van der Waals surface area contributed by atoms with Crippen LogP contribution >= 0.6 is 0 Å². The normalized spacial score (nSPS) is 18.8. The molecule has 1 aliphatic rings. The fourth-order valence-corrected chi connectivity index (χ4v) is 3.18. The maximum absolute atomic E-state index is 12.7. The Bertz CT molecular complexity index is 787. The van der Waals surface area contributed by atoms with Gasteiger partial charge in [0, 0.05) is 12.0 Å². The zero-order valence-corrected chi connectivity index (χ0v) is 15.6. The summed E-state index contributed by atoms with van der Waals surface area (Å²) in [6.45, 7) is 5.78. The summed E-state index contributed by atoms with van der Waals surface area (Å²) < 4.78 is 17.1. The van der Waals surface area contributed by atoms with Crippen LogP contribution in [-0.2, 0) is 4.79 Å². The average molecular weight is 355 g/mol. The average Bonchev–Trinajstić information content (AvgIpc) is 2.61. The van der Waals surface area contributed by atoms with Gasteiger partial charge in [-0.05, 0) is 39.0 Å². The highest BCUT2D eigenvalue weighted by Gasteiger charge is 2.35. The molecule has 2 aromatic rings. The van der Waals surface area contributed by atoms with Crippen LogP contribution in [0.5, 0.6) is 17.2 Å². The summed E-state index contributed by atoms with van der Waals surface area (Å²) in [4.78, 5) is 12.7. The molecule has 3 rings (SSSR count). The van der Waals surface area contributed by atoms with Gasteiger partial charge in [0.1, 0.15) is 11.4 Å². The van der Waals surface area contributed by atoms with Gasteiger partial charge in [-0.3, -0.25) is 4.79 Å². The van der Waals surface area contributed by atoms with Gasteiger partial charge in [-0.2, -0.15) is 0 Å². The van der Waals surface area contributed by atoms with Crippen LogP contribution in [0.2, 0.25) is 0 Å². The predicted molar refractivity (Wildman–Crippen MR) is 99.7 cm³/mol. The highest BCUT2D eigenvalue weighted by atomic mass is 16.5. The second-order valence-electron chi connectivity index (χ2n) is 7.08. The standard InChI is InChI=1S/C21H25NO4/c1-14(25-19-12-8-7-11-18(19)24-4)20(23)22-16-13-21(2,3)26-17-10-6-5-9-15(16)17/h5-12,14,16H,13H2,1-4H3,(H,22,23)/t14-,16+/m0/s1. The third-order valence-corrected chi connectivity index (χ3v) is 4.43. The van der Waals surface area contributed by atoms with Crippen molar-refractivity contribution in [2.24, 2.45) is 0 Å². The first-order valence-corrected chi connectivity index (χ1v) is 8.77. The maximum atomic E-state index is 12.7. The zero-order valence-electron chi connectivity index (χ0n) is 15.6. The lowest BCUT2D eigenvalue weighted by molar-refractivity contribution is -0.128. The molecule has 5 nitrogen and oxygen atoms in total.